The van der Waals surface area contributed by atoms with Crippen LogP contribution in [0.4, 0.5) is 4.39 Å². The molecular weight excluding hydrogens is 457 g/mol. The van der Waals surface area contributed by atoms with Gasteiger partial charge in [0.1, 0.15) is 5.82 Å². The third-order valence-corrected chi connectivity index (χ3v) is 7.11. The molecule has 2 amide bonds. The zero-order chi connectivity index (χ0) is 26.0. The van der Waals surface area contributed by atoms with Crippen molar-refractivity contribution < 1.29 is 18.8 Å². The second kappa shape index (κ2) is 10.6. The smallest absolute Gasteiger partial charge is 0.294 e. The van der Waals surface area contributed by atoms with Crippen molar-refractivity contribution >= 4 is 28.5 Å². The van der Waals surface area contributed by atoms with Crippen LogP contribution in [0.5, 0.6) is 0 Å². The maximum Gasteiger partial charge on any atom is 0.294 e. The van der Waals surface area contributed by atoms with Crippen molar-refractivity contribution in [1.29, 1.82) is 0 Å². The molecule has 1 fully saturated rings. The van der Waals surface area contributed by atoms with E-state index in [1.165, 1.54) is 17.0 Å². The van der Waals surface area contributed by atoms with E-state index in [4.69, 9.17) is 0 Å². The number of likely N-dealkylation sites (N-methyl/N-ethyl adjacent to an activating group) is 1. The Morgan fingerprint density at radius 2 is 1.69 bits per heavy atom. The van der Waals surface area contributed by atoms with Gasteiger partial charge in [0.05, 0.1) is 5.56 Å². The summed E-state index contributed by atoms with van der Waals surface area (Å²) in [6, 6.07) is 10.4. The van der Waals surface area contributed by atoms with Crippen molar-refractivity contribution in [2.24, 2.45) is 5.92 Å². The van der Waals surface area contributed by atoms with E-state index in [0.29, 0.717) is 42.1 Å². The lowest BCUT2D eigenvalue weighted by atomic mass is 9.89. The van der Waals surface area contributed by atoms with Gasteiger partial charge in [-0.05, 0) is 73.9 Å². The molecule has 190 valence electrons. The molecule has 3 aromatic rings. The van der Waals surface area contributed by atoms with Gasteiger partial charge in [0.2, 0.25) is 0 Å². The Hall–Kier alpha value is -3.48. The Kier molecular flexibility index (Phi) is 7.57. The highest BCUT2D eigenvalue weighted by Gasteiger charge is 2.28. The number of amides is 2. The number of piperidine rings is 1. The lowest BCUT2D eigenvalue weighted by molar-refractivity contribution is -0.124. The van der Waals surface area contributed by atoms with Crippen LogP contribution in [0.15, 0.2) is 42.6 Å². The summed E-state index contributed by atoms with van der Waals surface area (Å²) in [6.45, 7) is 6.01. The van der Waals surface area contributed by atoms with E-state index in [1.807, 2.05) is 34.6 Å². The molecule has 0 N–H and O–H groups in total. The van der Waals surface area contributed by atoms with E-state index in [2.05, 4.69) is 6.92 Å². The molecular formula is C29H34FN3O3. The van der Waals surface area contributed by atoms with Crippen LogP contribution in [-0.4, -0.2) is 59.1 Å². The average molecular weight is 492 g/mol. The third kappa shape index (κ3) is 5.20. The van der Waals surface area contributed by atoms with Crippen LogP contribution in [0.2, 0.25) is 0 Å². The molecule has 2 heterocycles. The summed E-state index contributed by atoms with van der Waals surface area (Å²) in [5, 5.41) is 0.642. The Morgan fingerprint density at radius 3 is 2.31 bits per heavy atom. The number of hydrogen-bond acceptors (Lipinski definition) is 3. The van der Waals surface area contributed by atoms with E-state index in [0.717, 1.165) is 42.3 Å². The number of halogens is 1. The van der Waals surface area contributed by atoms with Gasteiger partial charge >= 0.3 is 0 Å². The van der Waals surface area contributed by atoms with Crippen LogP contribution < -0.4 is 0 Å². The van der Waals surface area contributed by atoms with Gasteiger partial charge in [-0.3, -0.25) is 14.4 Å². The fourth-order valence-corrected chi connectivity index (χ4v) is 5.06. The number of aryl methyl sites for hydroxylation is 2. The molecule has 0 radical (unpaired) electrons. The predicted octanol–water partition coefficient (Wildman–Crippen LogP) is 4.86. The highest BCUT2D eigenvalue weighted by molar-refractivity contribution is 6.44. The first kappa shape index (κ1) is 25.6. The van der Waals surface area contributed by atoms with Crippen molar-refractivity contribution in [3.05, 3.63) is 70.7 Å². The summed E-state index contributed by atoms with van der Waals surface area (Å²) in [5.74, 6) is -0.971. The molecule has 0 bridgehead atoms. The molecule has 7 heteroatoms. The van der Waals surface area contributed by atoms with E-state index in [9.17, 15) is 18.8 Å². The van der Waals surface area contributed by atoms with Crippen LogP contribution in [0.1, 0.15) is 58.0 Å². The van der Waals surface area contributed by atoms with Crippen molar-refractivity contribution in [2.45, 2.75) is 46.1 Å². The lowest BCUT2D eigenvalue weighted by Gasteiger charge is -2.32. The molecule has 4 rings (SSSR count). The summed E-state index contributed by atoms with van der Waals surface area (Å²) in [4.78, 5) is 42.1. The van der Waals surface area contributed by atoms with Crippen molar-refractivity contribution in [3.8, 4) is 0 Å². The minimum atomic E-state index is -0.581. The second-order valence-corrected chi connectivity index (χ2v) is 10.0. The fraction of sp³-hybridized carbons (Fsp3) is 0.414. The Morgan fingerprint density at radius 1 is 1.03 bits per heavy atom. The first-order chi connectivity index (χ1) is 17.2. The van der Waals surface area contributed by atoms with Crippen molar-refractivity contribution in [3.63, 3.8) is 0 Å². The molecule has 0 atom stereocenters. The molecule has 1 saturated heterocycles. The first-order valence-electron chi connectivity index (χ1n) is 12.6. The van der Waals surface area contributed by atoms with Gasteiger partial charge in [0.15, 0.2) is 0 Å². The summed E-state index contributed by atoms with van der Waals surface area (Å²) in [5.41, 5.74) is 3.74. The van der Waals surface area contributed by atoms with E-state index >= 15 is 0 Å². The number of carbonyl (C=O) groups excluding carboxylic acids is 3. The molecule has 1 aromatic heterocycles. The zero-order valence-electron chi connectivity index (χ0n) is 21.5. The summed E-state index contributed by atoms with van der Waals surface area (Å²) in [6.07, 6.45) is 5.28. The van der Waals surface area contributed by atoms with Crippen LogP contribution in [0.3, 0.4) is 0 Å². The summed E-state index contributed by atoms with van der Waals surface area (Å²) >= 11 is 0. The third-order valence-electron chi connectivity index (χ3n) is 7.11. The van der Waals surface area contributed by atoms with Crippen molar-refractivity contribution in [2.75, 3.05) is 27.2 Å². The van der Waals surface area contributed by atoms with Crippen LogP contribution in [0, 0.1) is 18.7 Å². The van der Waals surface area contributed by atoms with E-state index < -0.39 is 11.7 Å². The molecule has 0 aliphatic carbocycles. The zero-order valence-corrected chi connectivity index (χ0v) is 21.5. The fourth-order valence-electron chi connectivity index (χ4n) is 5.06. The molecule has 1 aliphatic heterocycles. The maximum atomic E-state index is 13.5. The number of hydrogen-bond donors (Lipinski definition) is 0. The summed E-state index contributed by atoms with van der Waals surface area (Å²) in [7, 11) is 3.12. The Bertz CT molecular complexity index is 1290. The van der Waals surface area contributed by atoms with Gasteiger partial charge < -0.3 is 14.4 Å². The molecule has 36 heavy (non-hydrogen) atoms. The number of carbonyl (C=O) groups is 3. The molecule has 0 unspecified atom stereocenters. The number of likely N-dealkylation sites (tertiary alicyclic amines) is 1. The monoisotopic (exact) mass is 491 g/mol. The van der Waals surface area contributed by atoms with Gasteiger partial charge in [-0.25, -0.2) is 4.39 Å². The summed E-state index contributed by atoms with van der Waals surface area (Å²) < 4.78 is 15.2. The lowest BCUT2D eigenvalue weighted by Crippen LogP contribution is -2.39. The normalized spacial score (nSPS) is 14.3. The van der Waals surface area contributed by atoms with Gasteiger partial charge in [0.25, 0.3) is 17.6 Å². The number of ketones is 1. The Labute approximate surface area is 211 Å². The van der Waals surface area contributed by atoms with Crippen LogP contribution in [0.25, 0.3) is 10.9 Å². The van der Waals surface area contributed by atoms with Crippen LogP contribution >= 0.6 is 0 Å². The largest absolute Gasteiger partial charge is 0.347 e. The SMILES string of the molecule is CCCn1cc(C(=O)C(=O)N(C)C)c2cc(C(=O)N3CCC(Cc4ccc(F)cc4)CC3)c(C)cc21. The molecule has 1 aliphatic rings. The number of benzene rings is 2. The highest BCUT2D eigenvalue weighted by Crippen LogP contribution is 2.29. The van der Waals surface area contributed by atoms with Gasteiger partial charge in [-0.1, -0.05) is 19.1 Å². The topological polar surface area (TPSA) is 62.6 Å². The standard InChI is InChI=1S/C29H34FN3O3/c1-5-12-33-18-25(27(34)29(36)31(3)4)24-17-23(19(2)15-26(24)33)28(35)32-13-10-21(11-14-32)16-20-6-8-22(30)9-7-20/h6-9,15,17-18,21H,5,10-14,16H2,1-4H3. The molecule has 6 nitrogen and oxygen atoms in total. The Balaban J connectivity index is 1.56. The quantitative estimate of drug-likeness (QED) is 0.350. The number of rotatable bonds is 7. The number of fused-ring (bicyclic) bond motifs is 1. The van der Waals surface area contributed by atoms with Crippen LogP contribution in [-0.2, 0) is 17.8 Å². The average Bonchev–Trinajstić information content (AvgIpc) is 3.21. The van der Waals surface area contributed by atoms with Crippen molar-refractivity contribution in [1.82, 2.24) is 14.4 Å². The van der Waals surface area contributed by atoms with Gasteiger partial charge in [-0.2, -0.15) is 0 Å². The number of nitrogens with zero attached hydrogens (tertiary/aromatic N) is 3. The van der Waals surface area contributed by atoms with Gasteiger partial charge in [-0.15, -0.1) is 0 Å². The number of aromatic nitrogens is 1. The maximum absolute atomic E-state index is 13.5. The van der Waals surface area contributed by atoms with Gasteiger partial charge in [0, 0.05) is 56.4 Å². The second-order valence-electron chi connectivity index (χ2n) is 10.0. The molecule has 0 saturated carbocycles. The highest BCUT2D eigenvalue weighted by atomic mass is 19.1. The first-order valence-corrected chi connectivity index (χ1v) is 12.6. The molecule has 2 aromatic carbocycles. The van der Waals surface area contributed by atoms with E-state index in [1.54, 1.807) is 26.4 Å². The minimum absolute atomic E-state index is 0.0461. The van der Waals surface area contributed by atoms with E-state index in [-0.39, 0.29) is 11.7 Å². The molecule has 0 spiro atoms. The predicted molar refractivity (Wildman–Crippen MR) is 139 cm³/mol. The number of Topliss-reactive ketones (excluding diaryl/α,β-unsaturated/α-hetero) is 1. The minimum Gasteiger partial charge on any atom is -0.347 e.